The molecule has 3 aromatic heterocycles. The number of H-pyrrole nitrogens is 1. The zero-order valence-corrected chi connectivity index (χ0v) is 21.6. The number of nitrogens with one attached hydrogen (secondary N) is 1. The Morgan fingerprint density at radius 2 is 1.87 bits per heavy atom. The van der Waals surface area contributed by atoms with E-state index in [0.717, 1.165) is 48.3 Å². The second-order valence-corrected chi connectivity index (χ2v) is 9.32. The third-order valence-electron chi connectivity index (χ3n) is 6.50. The summed E-state index contributed by atoms with van der Waals surface area (Å²) in [4.78, 5) is 34.1. The molecule has 9 heteroatoms. The van der Waals surface area contributed by atoms with Gasteiger partial charge in [0.2, 0.25) is 0 Å². The van der Waals surface area contributed by atoms with Crippen LogP contribution < -0.4 is 4.74 Å². The maximum Gasteiger partial charge on any atom is 0.270 e. The number of pyridine rings is 1. The summed E-state index contributed by atoms with van der Waals surface area (Å²) in [5.41, 5.74) is 4.08. The first kappa shape index (κ1) is 25.6. The average molecular weight is 513 g/mol. The van der Waals surface area contributed by atoms with E-state index in [1.807, 2.05) is 41.3 Å². The molecule has 0 saturated carbocycles. The second-order valence-electron chi connectivity index (χ2n) is 9.32. The van der Waals surface area contributed by atoms with E-state index in [4.69, 9.17) is 14.5 Å². The van der Waals surface area contributed by atoms with Crippen LogP contribution in [-0.2, 0) is 11.2 Å². The Morgan fingerprint density at radius 1 is 1.03 bits per heavy atom. The summed E-state index contributed by atoms with van der Waals surface area (Å²) in [6, 6.07) is 13.6. The highest BCUT2D eigenvalue weighted by Gasteiger charge is 2.21. The predicted molar refractivity (Wildman–Crippen MR) is 146 cm³/mol. The number of aromatic nitrogens is 4. The molecule has 1 aliphatic heterocycles. The van der Waals surface area contributed by atoms with E-state index in [1.165, 1.54) is 0 Å². The van der Waals surface area contributed by atoms with Crippen molar-refractivity contribution >= 4 is 16.8 Å². The van der Waals surface area contributed by atoms with Crippen LogP contribution in [0.15, 0.2) is 67.5 Å². The molecule has 5 rings (SSSR count). The summed E-state index contributed by atoms with van der Waals surface area (Å²) in [7, 11) is 2.08. The zero-order valence-electron chi connectivity index (χ0n) is 21.6. The van der Waals surface area contributed by atoms with Crippen molar-refractivity contribution < 1.29 is 14.3 Å². The van der Waals surface area contributed by atoms with Crippen LogP contribution in [0.5, 0.6) is 5.75 Å². The number of piperazine rings is 1. The first-order chi connectivity index (χ1) is 18.6. The lowest BCUT2D eigenvalue weighted by Crippen LogP contribution is -2.47. The SMILES string of the molecule is C=CCOCCOc1ccnc(-c2ccnc(Cc3ccc4[nH]c(C(=O)N5CCN(C)CC5)cc4c3)n2)c1. The number of fused-ring (bicyclic) bond motifs is 1. The van der Waals surface area contributed by atoms with Gasteiger partial charge in [0, 0.05) is 62.0 Å². The van der Waals surface area contributed by atoms with Crippen molar-refractivity contribution in [1.29, 1.82) is 0 Å². The minimum Gasteiger partial charge on any atom is -0.491 e. The minimum absolute atomic E-state index is 0.0508. The number of nitrogens with zero attached hydrogens (tertiary/aromatic N) is 5. The molecule has 1 aliphatic rings. The third kappa shape index (κ3) is 6.24. The first-order valence-electron chi connectivity index (χ1n) is 12.8. The highest BCUT2D eigenvalue weighted by molar-refractivity contribution is 5.98. The Balaban J connectivity index is 1.26. The fourth-order valence-corrected chi connectivity index (χ4v) is 4.42. The Morgan fingerprint density at radius 3 is 2.71 bits per heavy atom. The first-order valence-corrected chi connectivity index (χ1v) is 12.8. The van der Waals surface area contributed by atoms with Crippen LogP contribution in [0.25, 0.3) is 22.3 Å². The number of carbonyl (C=O) groups excluding carboxylic acids is 1. The third-order valence-corrected chi connectivity index (χ3v) is 6.50. The summed E-state index contributed by atoms with van der Waals surface area (Å²) in [5, 5.41) is 1.000. The van der Waals surface area contributed by atoms with Crippen molar-refractivity contribution in [1.82, 2.24) is 29.7 Å². The number of aromatic amines is 1. The zero-order chi connectivity index (χ0) is 26.3. The predicted octanol–water partition coefficient (Wildman–Crippen LogP) is 3.58. The van der Waals surface area contributed by atoms with E-state index in [-0.39, 0.29) is 5.91 Å². The van der Waals surface area contributed by atoms with Gasteiger partial charge in [-0.05, 0) is 42.9 Å². The molecule has 0 unspecified atom stereocenters. The molecular weight excluding hydrogens is 480 g/mol. The van der Waals surface area contributed by atoms with E-state index >= 15 is 0 Å². The molecule has 0 aliphatic carbocycles. The van der Waals surface area contributed by atoms with Gasteiger partial charge < -0.3 is 24.3 Å². The average Bonchev–Trinajstić information content (AvgIpc) is 3.37. The highest BCUT2D eigenvalue weighted by atomic mass is 16.5. The molecule has 4 heterocycles. The lowest BCUT2D eigenvalue weighted by atomic mass is 10.1. The summed E-state index contributed by atoms with van der Waals surface area (Å²) in [5.74, 6) is 1.45. The van der Waals surface area contributed by atoms with E-state index in [0.29, 0.717) is 49.2 Å². The Bertz CT molecular complexity index is 1410. The van der Waals surface area contributed by atoms with Crippen molar-refractivity contribution in [2.24, 2.45) is 0 Å². The highest BCUT2D eigenvalue weighted by Crippen LogP contribution is 2.22. The molecular formula is C29H32N6O3. The largest absolute Gasteiger partial charge is 0.491 e. The van der Waals surface area contributed by atoms with Crippen molar-refractivity contribution in [3.63, 3.8) is 0 Å². The molecule has 0 spiro atoms. The molecule has 38 heavy (non-hydrogen) atoms. The van der Waals surface area contributed by atoms with Crippen molar-refractivity contribution in [2.45, 2.75) is 6.42 Å². The number of benzene rings is 1. The molecule has 196 valence electrons. The maximum atomic E-state index is 13.0. The summed E-state index contributed by atoms with van der Waals surface area (Å²) in [6.07, 6.45) is 5.73. The molecule has 0 bridgehead atoms. The van der Waals surface area contributed by atoms with Crippen LogP contribution in [0.2, 0.25) is 0 Å². The number of carbonyl (C=O) groups is 1. The standard InChI is InChI=1S/C29H32N6O3/c1-3-14-37-15-16-38-23-6-8-30-26(20-23)25-7-9-31-28(33-25)18-21-4-5-24-22(17-21)19-27(32-24)29(36)35-12-10-34(2)11-13-35/h3-9,17,19-20,32H,1,10-16,18H2,2H3. The van der Waals surface area contributed by atoms with Crippen LogP contribution in [0.4, 0.5) is 0 Å². The smallest absolute Gasteiger partial charge is 0.270 e. The lowest BCUT2D eigenvalue weighted by molar-refractivity contribution is 0.0659. The van der Waals surface area contributed by atoms with Gasteiger partial charge in [-0.1, -0.05) is 12.1 Å². The molecule has 1 N–H and O–H groups in total. The fraction of sp³-hybridized carbons (Fsp3) is 0.310. The van der Waals surface area contributed by atoms with E-state index in [2.05, 4.69) is 39.5 Å². The molecule has 1 aromatic carbocycles. The Hall–Kier alpha value is -4.08. The van der Waals surface area contributed by atoms with Gasteiger partial charge in [0.05, 0.1) is 24.6 Å². The van der Waals surface area contributed by atoms with E-state index in [9.17, 15) is 4.79 Å². The number of rotatable bonds is 10. The number of hydrogen-bond acceptors (Lipinski definition) is 7. The topological polar surface area (TPSA) is 96.5 Å². The van der Waals surface area contributed by atoms with Gasteiger partial charge in [-0.3, -0.25) is 9.78 Å². The number of likely N-dealkylation sites (N-methyl/N-ethyl adjacent to an activating group) is 1. The normalized spacial score (nSPS) is 14.1. The molecule has 9 nitrogen and oxygen atoms in total. The summed E-state index contributed by atoms with van der Waals surface area (Å²) < 4.78 is 11.1. The van der Waals surface area contributed by atoms with Gasteiger partial charge in [0.1, 0.15) is 23.9 Å². The molecule has 4 aromatic rings. The maximum absolute atomic E-state index is 13.0. The lowest BCUT2D eigenvalue weighted by Gasteiger charge is -2.32. The second kappa shape index (κ2) is 12.0. The van der Waals surface area contributed by atoms with Crippen molar-refractivity contribution in [3.05, 3.63) is 84.6 Å². The molecule has 1 fully saturated rings. The summed E-state index contributed by atoms with van der Waals surface area (Å²) in [6.45, 7) is 8.35. The number of amides is 1. The van der Waals surface area contributed by atoms with Crippen molar-refractivity contribution in [3.8, 4) is 17.1 Å². The summed E-state index contributed by atoms with van der Waals surface area (Å²) >= 11 is 0. The molecule has 1 amide bonds. The van der Waals surface area contributed by atoms with Gasteiger partial charge >= 0.3 is 0 Å². The molecule has 1 saturated heterocycles. The molecule has 0 radical (unpaired) electrons. The van der Waals surface area contributed by atoms with Crippen LogP contribution in [0, 0.1) is 0 Å². The Kier molecular flexibility index (Phi) is 8.06. The monoisotopic (exact) mass is 512 g/mol. The van der Waals surface area contributed by atoms with E-state index in [1.54, 1.807) is 18.5 Å². The van der Waals surface area contributed by atoms with Gasteiger partial charge in [-0.25, -0.2) is 9.97 Å². The number of ether oxygens (including phenoxy) is 2. The minimum atomic E-state index is 0.0508. The van der Waals surface area contributed by atoms with Gasteiger partial charge in [-0.15, -0.1) is 6.58 Å². The van der Waals surface area contributed by atoms with Gasteiger partial charge in [-0.2, -0.15) is 0 Å². The molecule has 0 atom stereocenters. The van der Waals surface area contributed by atoms with Crippen LogP contribution in [-0.4, -0.2) is 88.7 Å². The van der Waals surface area contributed by atoms with Crippen LogP contribution in [0.1, 0.15) is 21.9 Å². The van der Waals surface area contributed by atoms with Gasteiger partial charge in [0.25, 0.3) is 5.91 Å². The van der Waals surface area contributed by atoms with Gasteiger partial charge in [0.15, 0.2) is 0 Å². The quantitative estimate of drug-likeness (QED) is 0.256. The van der Waals surface area contributed by atoms with E-state index < -0.39 is 0 Å². The van der Waals surface area contributed by atoms with Crippen molar-refractivity contribution in [2.75, 3.05) is 53.0 Å². The van der Waals surface area contributed by atoms with Crippen LogP contribution in [0.3, 0.4) is 0 Å². The van der Waals surface area contributed by atoms with Crippen LogP contribution >= 0.6 is 0 Å². The number of hydrogen-bond donors (Lipinski definition) is 1. The Labute approximate surface area is 222 Å². The fourth-order valence-electron chi connectivity index (χ4n) is 4.42.